The van der Waals surface area contributed by atoms with Gasteiger partial charge in [-0.1, -0.05) is 0 Å². The van der Waals surface area contributed by atoms with Gasteiger partial charge in [0.15, 0.2) is 0 Å². The summed E-state index contributed by atoms with van der Waals surface area (Å²) in [6.45, 7) is 4.37. The van der Waals surface area contributed by atoms with Crippen LogP contribution in [-0.2, 0) is 9.47 Å². The number of hydrogen-bond donors (Lipinski definition) is 1. The van der Waals surface area contributed by atoms with Crippen molar-refractivity contribution in [2.45, 2.75) is 25.0 Å². The maximum atomic E-state index is 8.54. The second-order valence-corrected chi connectivity index (χ2v) is 4.05. The molecule has 4 heteroatoms. The molecule has 0 aromatic rings. The van der Waals surface area contributed by atoms with Crippen molar-refractivity contribution in [2.24, 2.45) is 0 Å². The first-order valence-corrected chi connectivity index (χ1v) is 5.45. The van der Waals surface area contributed by atoms with E-state index in [-0.39, 0.29) is 6.61 Å². The molecule has 2 aliphatic heterocycles. The lowest BCUT2D eigenvalue weighted by Crippen LogP contribution is -2.43. The summed E-state index contributed by atoms with van der Waals surface area (Å²) < 4.78 is 11.0. The van der Waals surface area contributed by atoms with Crippen molar-refractivity contribution in [1.82, 2.24) is 4.90 Å². The number of likely N-dealkylation sites (tertiary alicyclic amines) is 1. The van der Waals surface area contributed by atoms with Crippen molar-refractivity contribution >= 4 is 0 Å². The van der Waals surface area contributed by atoms with Crippen molar-refractivity contribution in [3.63, 3.8) is 0 Å². The quantitative estimate of drug-likeness (QED) is 0.629. The molecular formula is C10H19NO3. The van der Waals surface area contributed by atoms with Gasteiger partial charge in [-0.3, -0.25) is 4.90 Å². The van der Waals surface area contributed by atoms with E-state index in [4.69, 9.17) is 14.6 Å². The molecule has 14 heavy (non-hydrogen) atoms. The van der Waals surface area contributed by atoms with E-state index in [0.717, 1.165) is 26.2 Å². The third kappa shape index (κ3) is 2.67. The standard InChI is InChI=1S/C10H19NO3/c12-4-6-13-5-3-11-7-9-1-2-10(8-11)14-9/h9-10,12H,1-8H2. The average molecular weight is 201 g/mol. The number of ether oxygens (including phenoxy) is 2. The predicted molar refractivity (Wildman–Crippen MR) is 52.2 cm³/mol. The van der Waals surface area contributed by atoms with Gasteiger partial charge in [-0.25, -0.2) is 0 Å². The molecule has 82 valence electrons. The van der Waals surface area contributed by atoms with Crippen molar-refractivity contribution < 1.29 is 14.6 Å². The number of nitrogens with zero attached hydrogens (tertiary/aromatic N) is 1. The van der Waals surface area contributed by atoms with Gasteiger partial charge in [0, 0.05) is 19.6 Å². The Labute approximate surface area is 84.8 Å². The first-order valence-electron chi connectivity index (χ1n) is 5.45. The van der Waals surface area contributed by atoms with Crippen molar-refractivity contribution in [2.75, 3.05) is 39.5 Å². The van der Waals surface area contributed by atoms with Crippen LogP contribution in [0.4, 0.5) is 0 Å². The normalized spacial score (nSPS) is 32.4. The van der Waals surface area contributed by atoms with E-state index >= 15 is 0 Å². The Morgan fingerprint density at radius 2 is 1.93 bits per heavy atom. The number of aliphatic hydroxyl groups excluding tert-OH is 1. The van der Waals surface area contributed by atoms with Gasteiger partial charge in [-0.15, -0.1) is 0 Å². The summed E-state index contributed by atoms with van der Waals surface area (Å²) in [5.41, 5.74) is 0. The molecule has 2 aliphatic rings. The van der Waals surface area contributed by atoms with Crippen LogP contribution in [0.1, 0.15) is 12.8 Å². The minimum atomic E-state index is 0.119. The Bertz CT molecular complexity index is 165. The highest BCUT2D eigenvalue weighted by molar-refractivity contribution is 4.84. The van der Waals surface area contributed by atoms with Crippen LogP contribution >= 0.6 is 0 Å². The van der Waals surface area contributed by atoms with Gasteiger partial charge in [0.2, 0.25) is 0 Å². The molecule has 2 fully saturated rings. The fourth-order valence-corrected chi connectivity index (χ4v) is 2.24. The zero-order valence-electron chi connectivity index (χ0n) is 8.52. The molecule has 4 nitrogen and oxygen atoms in total. The molecule has 0 saturated carbocycles. The smallest absolute Gasteiger partial charge is 0.0707 e. The molecular weight excluding hydrogens is 182 g/mol. The minimum absolute atomic E-state index is 0.119. The van der Waals surface area contributed by atoms with E-state index in [9.17, 15) is 0 Å². The zero-order valence-corrected chi connectivity index (χ0v) is 8.52. The molecule has 0 amide bonds. The van der Waals surface area contributed by atoms with Gasteiger partial charge in [0.1, 0.15) is 0 Å². The number of hydrogen-bond acceptors (Lipinski definition) is 4. The Hall–Kier alpha value is -0.160. The lowest BCUT2D eigenvalue weighted by atomic mass is 10.2. The van der Waals surface area contributed by atoms with Gasteiger partial charge in [0.25, 0.3) is 0 Å². The zero-order chi connectivity index (χ0) is 9.80. The third-order valence-corrected chi connectivity index (χ3v) is 2.91. The lowest BCUT2D eigenvalue weighted by molar-refractivity contribution is -0.0462. The van der Waals surface area contributed by atoms with Gasteiger partial charge in [0.05, 0.1) is 32.0 Å². The van der Waals surface area contributed by atoms with Gasteiger partial charge in [-0.2, -0.15) is 0 Å². The number of aliphatic hydroxyl groups is 1. The molecule has 1 N–H and O–H groups in total. The van der Waals surface area contributed by atoms with Crippen LogP contribution < -0.4 is 0 Å². The van der Waals surface area contributed by atoms with E-state index in [1.807, 2.05) is 0 Å². The highest BCUT2D eigenvalue weighted by Gasteiger charge is 2.33. The molecule has 2 bridgehead atoms. The molecule has 2 saturated heterocycles. The van der Waals surface area contributed by atoms with Crippen molar-refractivity contribution in [3.05, 3.63) is 0 Å². The summed E-state index contributed by atoms with van der Waals surface area (Å²) in [6, 6.07) is 0. The number of morpholine rings is 1. The maximum absolute atomic E-state index is 8.54. The molecule has 0 spiro atoms. The number of fused-ring (bicyclic) bond motifs is 2. The van der Waals surface area contributed by atoms with Gasteiger partial charge < -0.3 is 14.6 Å². The van der Waals surface area contributed by atoms with Crippen LogP contribution in [-0.4, -0.2) is 61.7 Å². The first kappa shape index (κ1) is 10.4. The first-order chi connectivity index (χ1) is 6.88. The van der Waals surface area contributed by atoms with Crippen molar-refractivity contribution in [1.29, 1.82) is 0 Å². The summed E-state index contributed by atoms with van der Waals surface area (Å²) in [5.74, 6) is 0. The molecule has 2 rings (SSSR count). The van der Waals surface area contributed by atoms with E-state index in [2.05, 4.69) is 4.90 Å². The van der Waals surface area contributed by atoms with Crippen LogP contribution in [0, 0.1) is 0 Å². The molecule has 2 unspecified atom stereocenters. The van der Waals surface area contributed by atoms with Crippen LogP contribution in [0.15, 0.2) is 0 Å². The van der Waals surface area contributed by atoms with Crippen molar-refractivity contribution in [3.8, 4) is 0 Å². The highest BCUT2D eigenvalue weighted by atomic mass is 16.5. The Morgan fingerprint density at radius 3 is 2.57 bits per heavy atom. The second kappa shape index (κ2) is 5.07. The SMILES string of the molecule is OCCOCCN1CC2CCC(C1)O2. The lowest BCUT2D eigenvalue weighted by Gasteiger charge is -2.31. The molecule has 0 radical (unpaired) electrons. The monoisotopic (exact) mass is 201 g/mol. The fraction of sp³-hybridized carbons (Fsp3) is 1.00. The summed E-state index contributed by atoms with van der Waals surface area (Å²) in [5, 5.41) is 8.54. The van der Waals surface area contributed by atoms with E-state index in [0.29, 0.717) is 18.8 Å². The molecule has 2 atom stereocenters. The van der Waals surface area contributed by atoms with E-state index < -0.39 is 0 Å². The Balaban J connectivity index is 1.62. The largest absolute Gasteiger partial charge is 0.394 e. The summed E-state index contributed by atoms with van der Waals surface area (Å²) in [6.07, 6.45) is 3.37. The fourth-order valence-electron chi connectivity index (χ4n) is 2.24. The summed E-state index contributed by atoms with van der Waals surface area (Å²) >= 11 is 0. The topological polar surface area (TPSA) is 41.9 Å². The number of rotatable bonds is 5. The summed E-state index contributed by atoms with van der Waals surface area (Å²) in [7, 11) is 0. The van der Waals surface area contributed by atoms with Crippen LogP contribution in [0.25, 0.3) is 0 Å². The second-order valence-electron chi connectivity index (χ2n) is 4.05. The molecule has 0 aromatic carbocycles. The van der Waals surface area contributed by atoms with Crippen LogP contribution in [0.3, 0.4) is 0 Å². The highest BCUT2D eigenvalue weighted by Crippen LogP contribution is 2.25. The Morgan fingerprint density at radius 1 is 1.21 bits per heavy atom. The predicted octanol–water partition coefficient (Wildman–Crippen LogP) is -0.141. The van der Waals surface area contributed by atoms with Gasteiger partial charge in [-0.05, 0) is 12.8 Å². The molecule has 2 heterocycles. The third-order valence-electron chi connectivity index (χ3n) is 2.91. The maximum Gasteiger partial charge on any atom is 0.0707 e. The average Bonchev–Trinajstić information content (AvgIpc) is 2.53. The van der Waals surface area contributed by atoms with E-state index in [1.165, 1.54) is 12.8 Å². The summed E-state index contributed by atoms with van der Waals surface area (Å²) in [4.78, 5) is 2.41. The van der Waals surface area contributed by atoms with Crippen LogP contribution in [0.5, 0.6) is 0 Å². The van der Waals surface area contributed by atoms with E-state index in [1.54, 1.807) is 0 Å². The molecule has 0 aromatic heterocycles. The molecule has 0 aliphatic carbocycles. The minimum Gasteiger partial charge on any atom is -0.394 e. The van der Waals surface area contributed by atoms with Crippen LogP contribution in [0.2, 0.25) is 0 Å². The van der Waals surface area contributed by atoms with Gasteiger partial charge >= 0.3 is 0 Å². The Kier molecular flexibility index (Phi) is 3.75.